The highest BCUT2D eigenvalue weighted by Crippen LogP contribution is 2.42. The zero-order valence-corrected chi connectivity index (χ0v) is 18.0. The maximum absolute atomic E-state index is 12.9. The number of aryl methyl sites for hydroxylation is 1. The molecular weight excluding hydrogens is 348 g/mol. The zero-order chi connectivity index (χ0) is 19.9. The van der Waals surface area contributed by atoms with Gasteiger partial charge < -0.3 is 15.0 Å². The van der Waals surface area contributed by atoms with Crippen molar-refractivity contribution < 1.29 is 9.53 Å². The van der Waals surface area contributed by atoms with E-state index in [0.717, 1.165) is 63.0 Å². The average molecular weight is 385 g/mol. The van der Waals surface area contributed by atoms with Gasteiger partial charge in [0.05, 0.1) is 0 Å². The average Bonchev–Trinajstić information content (AvgIpc) is 3.16. The van der Waals surface area contributed by atoms with Crippen LogP contribution >= 0.6 is 0 Å². The van der Waals surface area contributed by atoms with Crippen molar-refractivity contribution in [1.29, 1.82) is 0 Å². The van der Waals surface area contributed by atoms with Crippen LogP contribution in [0.2, 0.25) is 0 Å². The van der Waals surface area contributed by atoms with Gasteiger partial charge in [-0.25, -0.2) is 0 Å². The highest BCUT2D eigenvalue weighted by Gasteiger charge is 2.33. The van der Waals surface area contributed by atoms with E-state index in [-0.39, 0.29) is 17.9 Å². The summed E-state index contributed by atoms with van der Waals surface area (Å²) in [7, 11) is 0. The Balaban J connectivity index is 1.45. The van der Waals surface area contributed by atoms with Crippen molar-refractivity contribution >= 4 is 5.91 Å². The maximum atomic E-state index is 12.9. The van der Waals surface area contributed by atoms with Crippen molar-refractivity contribution in [2.45, 2.75) is 64.7 Å². The van der Waals surface area contributed by atoms with E-state index < -0.39 is 0 Å². The molecule has 1 N–H and O–H groups in total. The molecule has 2 aliphatic heterocycles. The number of nitrogens with zero attached hydrogens (tertiary/aromatic N) is 1. The number of likely N-dealkylation sites (tertiary alicyclic amines) is 1. The summed E-state index contributed by atoms with van der Waals surface area (Å²) in [6.45, 7) is 13.2. The molecule has 1 aromatic carbocycles. The van der Waals surface area contributed by atoms with Gasteiger partial charge in [0.15, 0.2) is 6.61 Å². The van der Waals surface area contributed by atoms with Crippen LogP contribution < -0.4 is 10.1 Å². The molecule has 2 saturated heterocycles. The van der Waals surface area contributed by atoms with Crippen LogP contribution in [-0.4, -0.2) is 43.6 Å². The summed E-state index contributed by atoms with van der Waals surface area (Å²) < 4.78 is 6.16. The first-order chi connectivity index (χ1) is 13.3. The second-order valence-corrected chi connectivity index (χ2v) is 10.0. The first-order valence-electron chi connectivity index (χ1n) is 11.1. The van der Waals surface area contributed by atoms with E-state index in [4.69, 9.17) is 4.74 Å². The monoisotopic (exact) mass is 384 g/mol. The molecule has 0 unspecified atom stereocenters. The summed E-state index contributed by atoms with van der Waals surface area (Å²) in [6.07, 6.45) is 4.57. The standard InChI is InChI=1S/C24H36N2O2/c1-16(2)20-11-17-5-8-24(3,4)21(17)12-22(20)28-15-23(27)26-9-6-18-13-25-14-19(18)7-10-26/h11-12,16,18-19,25H,5-10,13-15H2,1-4H3/t18-,19+. The minimum Gasteiger partial charge on any atom is -0.483 e. The van der Waals surface area contributed by atoms with Crippen LogP contribution in [0, 0.1) is 11.8 Å². The fraction of sp³-hybridized carbons (Fsp3) is 0.708. The smallest absolute Gasteiger partial charge is 0.260 e. The Bertz CT molecular complexity index is 726. The van der Waals surface area contributed by atoms with Crippen molar-refractivity contribution in [3.05, 3.63) is 28.8 Å². The molecule has 1 amide bonds. The van der Waals surface area contributed by atoms with Gasteiger partial charge in [-0.15, -0.1) is 0 Å². The second-order valence-electron chi connectivity index (χ2n) is 10.0. The molecule has 2 fully saturated rings. The summed E-state index contributed by atoms with van der Waals surface area (Å²) in [5.74, 6) is 2.93. The quantitative estimate of drug-likeness (QED) is 0.857. The number of fused-ring (bicyclic) bond motifs is 2. The Hall–Kier alpha value is -1.55. The summed E-state index contributed by atoms with van der Waals surface area (Å²) in [4.78, 5) is 14.9. The predicted molar refractivity (Wildman–Crippen MR) is 113 cm³/mol. The maximum Gasteiger partial charge on any atom is 0.260 e. The number of carbonyl (C=O) groups excluding carboxylic acids is 1. The van der Waals surface area contributed by atoms with Crippen LogP contribution in [0.1, 0.15) is 69.6 Å². The number of ether oxygens (including phenoxy) is 1. The van der Waals surface area contributed by atoms with Crippen molar-refractivity contribution in [3.63, 3.8) is 0 Å². The van der Waals surface area contributed by atoms with Crippen molar-refractivity contribution in [3.8, 4) is 5.75 Å². The number of hydrogen-bond acceptors (Lipinski definition) is 3. The molecule has 0 aromatic heterocycles. The van der Waals surface area contributed by atoms with Crippen LogP contribution in [-0.2, 0) is 16.6 Å². The molecule has 0 radical (unpaired) electrons. The van der Waals surface area contributed by atoms with Gasteiger partial charge in [-0.05, 0) is 84.7 Å². The van der Waals surface area contributed by atoms with Gasteiger partial charge in [-0.3, -0.25) is 4.79 Å². The summed E-state index contributed by atoms with van der Waals surface area (Å²) in [5, 5.41) is 3.50. The lowest BCUT2D eigenvalue weighted by atomic mass is 9.85. The van der Waals surface area contributed by atoms with Gasteiger partial charge in [0.1, 0.15) is 5.75 Å². The predicted octanol–water partition coefficient (Wildman–Crippen LogP) is 3.87. The second kappa shape index (κ2) is 7.70. The molecule has 1 aliphatic carbocycles. The third kappa shape index (κ3) is 3.80. The van der Waals surface area contributed by atoms with Gasteiger partial charge in [-0.2, -0.15) is 0 Å². The van der Waals surface area contributed by atoms with Gasteiger partial charge in [0.2, 0.25) is 0 Å². The van der Waals surface area contributed by atoms with E-state index >= 15 is 0 Å². The van der Waals surface area contributed by atoms with E-state index in [0.29, 0.717) is 5.92 Å². The highest BCUT2D eigenvalue weighted by atomic mass is 16.5. The largest absolute Gasteiger partial charge is 0.483 e. The Morgan fingerprint density at radius 2 is 1.89 bits per heavy atom. The lowest BCUT2D eigenvalue weighted by Gasteiger charge is -2.24. The van der Waals surface area contributed by atoms with E-state index in [1.807, 2.05) is 4.90 Å². The van der Waals surface area contributed by atoms with E-state index in [2.05, 4.69) is 45.1 Å². The number of hydrogen-bond donors (Lipinski definition) is 1. The van der Waals surface area contributed by atoms with Crippen LogP contribution in [0.4, 0.5) is 0 Å². The van der Waals surface area contributed by atoms with E-state index in [1.54, 1.807) is 0 Å². The molecule has 0 spiro atoms. The number of benzene rings is 1. The topological polar surface area (TPSA) is 41.6 Å². The molecule has 154 valence electrons. The van der Waals surface area contributed by atoms with Gasteiger partial charge in [-0.1, -0.05) is 33.8 Å². The van der Waals surface area contributed by atoms with Crippen molar-refractivity contribution in [2.75, 3.05) is 32.8 Å². The third-order valence-electron chi connectivity index (χ3n) is 7.33. The third-order valence-corrected chi connectivity index (χ3v) is 7.33. The molecule has 28 heavy (non-hydrogen) atoms. The molecule has 4 rings (SSSR count). The fourth-order valence-electron chi connectivity index (χ4n) is 5.34. The number of nitrogens with one attached hydrogen (secondary N) is 1. The molecule has 2 atom stereocenters. The lowest BCUT2D eigenvalue weighted by Crippen LogP contribution is -2.36. The molecule has 0 saturated carbocycles. The molecule has 2 heterocycles. The molecule has 3 aliphatic rings. The van der Waals surface area contributed by atoms with Crippen molar-refractivity contribution in [1.82, 2.24) is 10.2 Å². The zero-order valence-electron chi connectivity index (χ0n) is 18.0. The van der Waals surface area contributed by atoms with E-state index in [9.17, 15) is 4.79 Å². The number of carbonyl (C=O) groups is 1. The van der Waals surface area contributed by atoms with Crippen LogP contribution in [0.3, 0.4) is 0 Å². The minimum atomic E-state index is 0.141. The number of rotatable bonds is 4. The Kier molecular flexibility index (Phi) is 5.43. The minimum absolute atomic E-state index is 0.141. The summed E-state index contributed by atoms with van der Waals surface area (Å²) >= 11 is 0. The number of amides is 1. The SMILES string of the molecule is CC(C)c1cc2c(cc1OCC(=O)N1CC[C@@H]3CNC[C@@H]3CC1)C(C)(C)CC2. The van der Waals surface area contributed by atoms with Gasteiger partial charge in [0, 0.05) is 13.1 Å². The Labute approximate surface area is 170 Å². The van der Waals surface area contributed by atoms with Crippen LogP contribution in [0.15, 0.2) is 12.1 Å². The van der Waals surface area contributed by atoms with Gasteiger partial charge in [0.25, 0.3) is 5.91 Å². The fourth-order valence-corrected chi connectivity index (χ4v) is 5.34. The molecule has 1 aromatic rings. The molecule has 4 heteroatoms. The summed E-state index contributed by atoms with van der Waals surface area (Å²) in [5.41, 5.74) is 4.29. The Morgan fingerprint density at radius 1 is 1.21 bits per heavy atom. The van der Waals surface area contributed by atoms with Crippen LogP contribution in [0.5, 0.6) is 5.75 Å². The van der Waals surface area contributed by atoms with E-state index in [1.165, 1.54) is 23.1 Å². The first kappa shape index (κ1) is 19.8. The molecule has 4 nitrogen and oxygen atoms in total. The highest BCUT2D eigenvalue weighted by molar-refractivity contribution is 5.78. The normalized spacial score (nSPS) is 26.1. The Morgan fingerprint density at radius 3 is 2.54 bits per heavy atom. The molecule has 0 bridgehead atoms. The lowest BCUT2D eigenvalue weighted by molar-refractivity contribution is -0.133. The summed E-state index contributed by atoms with van der Waals surface area (Å²) in [6, 6.07) is 4.55. The van der Waals surface area contributed by atoms with Gasteiger partial charge >= 0.3 is 0 Å². The first-order valence-corrected chi connectivity index (χ1v) is 11.1. The molecular formula is C24H36N2O2. The van der Waals surface area contributed by atoms with Crippen LogP contribution in [0.25, 0.3) is 0 Å². The van der Waals surface area contributed by atoms with Crippen molar-refractivity contribution in [2.24, 2.45) is 11.8 Å².